The molecule has 8 heteroatoms. The van der Waals surface area contributed by atoms with Crippen LogP contribution in [0.4, 0.5) is 5.69 Å². The van der Waals surface area contributed by atoms with Gasteiger partial charge in [0.1, 0.15) is 5.84 Å². The van der Waals surface area contributed by atoms with Crippen LogP contribution in [-0.4, -0.2) is 33.9 Å². The van der Waals surface area contributed by atoms with Gasteiger partial charge in [-0.1, -0.05) is 24.3 Å². The van der Waals surface area contributed by atoms with Crippen molar-refractivity contribution in [2.24, 2.45) is 5.73 Å². The first-order valence-corrected chi connectivity index (χ1v) is 8.74. The highest BCUT2D eigenvalue weighted by Crippen LogP contribution is 2.29. The summed E-state index contributed by atoms with van der Waals surface area (Å²) in [7, 11) is 0. The van der Waals surface area contributed by atoms with Crippen LogP contribution in [0.5, 0.6) is 0 Å². The van der Waals surface area contributed by atoms with Gasteiger partial charge in [0, 0.05) is 16.8 Å². The van der Waals surface area contributed by atoms with Crippen LogP contribution >= 0.6 is 0 Å². The fourth-order valence-electron chi connectivity index (χ4n) is 2.94. The normalized spacial score (nSPS) is 10.3. The second-order valence-corrected chi connectivity index (χ2v) is 6.36. The molecule has 0 atom stereocenters. The first kappa shape index (κ1) is 20.3. The van der Waals surface area contributed by atoms with Crippen LogP contribution in [0.3, 0.4) is 0 Å². The molecule has 3 aromatic rings. The molecule has 6 N–H and O–H groups in total. The quantitative estimate of drug-likeness (QED) is 0.314. The number of anilines is 1. The molecule has 0 aliphatic rings. The summed E-state index contributed by atoms with van der Waals surface area (Å²) in [6, 6.07) is 16.3. The van der Waals surface area contributed by atoms with E-state index in [-0.39, 0.29) is 28.1 Å². The highest BCUT2D eigenvalue weighted by atomic mass is 16.4. The molecule has 0 heterocycles. The largest absolute Gasteiger partial charge is 0.478 e. The molecular weight excluding hydrogens is 386 g/mol. The van der Waals surface area contributed by atoms with Crippen molar-refractivity contribution < 1.29 is 24.6 Å². The zero-order chi connectivity index (χ0) is 21.8. The highest BCUT2D eigenvalue weighted by Gasteiger charge is 2.20. The Labute approximate surface area is 171 Å². The number of nitrogens with two attached hydrogens (primary N) is 1. The van der Waals surface area contributed by atoms with Gasteiger partial charge in [-0.25, -0.2) is 9.59 Å². The Kier molecular flexibility index (Phi) is 5.59. The van der Waals surface area contributed by atoms with Gasteiger partial charge in [-0.3, -0.25) is 10.2 Å². The predicted molar refractivity (Wildman–Crippen MR) is 111 cm³/mol. The Balaban J connectivity index is 2.07. The molecule has 0 radical (unpaired) electrons. The summed E-state index contributed by atoms with van der Waals surface area (Å²) >= 11 is 0. The number of aromatic carboxylic acids is 2. The number of benzene rings is 3. The van der Waals surface area contributed by atoms with Gasteiger partial charge in [-0.15, -0.1) is 0 Å². The van der Waals surface area contributed by atoms with Crippen molar-refractivity contribution in [1.82, 2.24) is 0 Å². The number of hydrogen-bond acceptors (Lipinski definition) is 4. The predicted octanol–water partition coefficient (Wildman–Crippen LogP) is 3.29. The molecule has 0 aliphatic carbocycles. The maximum absolute atomic E-state index is 13.0. The number of nitrogens with one attached hydrogen (secondary N) is 2. The molecule has 0 aromatic heterocycles. The minimum atomic E-state index is -1.21. The summed E-state index contributed by atoms with van der Waals surface area (Å²) < 4.78 is 0. The van der Waals surface area contributed by atoms with Gasteiger partial charge in [-0.2, -0.15) is 0 Å². The van der Waals surface area contributed by atoms with Crippen molar-refractivity contribution in [3.05, 3.63) is 89.0 Å². The van der Waals surface area contributed by atoms with Gasteiger partial charge in [0.25, 0.3) is 5.91 Å². The third-order valence-electron chi connectivity index (χ3n) is 4.41. The molecule has 150 valence electrons. The van der Waals surface area contributed by atoms with Gasteiger partial charge in [0.05, 0.1) is 11.1 Å². The monoisotopic (exact) mass is 403 g/mol. The van der Waals surface area contributed by atoms with Gasteiger partial charge in [0.15, 0.2) is 0 Å². The van der Waals surface area contributed by atoms with Crippen LogP contribution in [0.25, 0.3) is 11.1 Å². The topological polar surface area (TPSA) is 154 Å². The number of hydrogen-bond donors (Lipinski definition) is 5. The van der Waals surface area contributed by atoms with E-state index in [1.807, 2.05) is 0 Å². The number of amidine groups is 1. The number of carboxylic acid groups (broad SMARTS) is 2. The van der Waals surface area contributed by atoms with Crippen LogP contribution < -0.4 is 11.1 Å². The van der Waals surface area contributed by atoms with Gasteiger partial charge >= 0.3 is 11.9 Å². The average Bonchev–Trinajstić information content (AvgIpc) is 2.73. The van der Waals surface area contributed by atoms with Crippen molar-refractivity contribution in [2.45, 2.75) is 0 Å². The minimum Gasteiger partial charge on any atom is -0.478 e. The number of carbonyl (C=O) groups excluding carboxylic acids is 1. The lowest BCUT2D eigenvalue weighted by Crippen LogP contribution is -2.15. The van der Waals surface area contributed by atoms with Crippen molar-refractivity contribution >= 4 is 29.4 Å². The van der Waals surface area contributed by atoms with E-state index in [4.69, 9.17) is 11.1 Å². The Hall–Kier alpha value is -4.46. The van der Waals surface area contributed by atoms with Gasteiger partial charge < -0.3 is 21.3 Å². The zero-order valence-corrected chi connectivity index (χ0v) is 15.5. The summed E-state index contributed by atoms with van der Waals surface area (Å²) in [5.74, 6) is -3.11. The smallest absolute Gasteiger partial charge is 0.336 e. The number of nitrogen functional groups attached to an aromatic ring is 1. The maximum Gasteiger partial charge on any atom is 0.336 e. The lowest BCUT2D eigenvalue weighted by molar-refractivity contribution is 0.0686. The third kappa shape index (κ3) is 4.17. The summed E-state index contributed by atoms with van der Waals surface area (Å²) in [6.45, 7) is 0. The maximum atomic E-state index is 13.0. The summed E-state index contributed by atoms with van der Waals surface area (Å²) in [5.41, 5.74) is 6.78. The van der Waals surface area contributed by atoms with Crippen molar-refractivity contribution in [1.29, 1.82) is 5.41 Å². The number of carboxylic acids is 2. The van der Waals surface area contributed by atoms with Crippen LogP contribution in [0, 0.1) is 5.41 Å². The molecule has 3 rings (SSSR count). The van der Waals surface area contributed by atoms with Crippen LogP contribution in [-0.2, 0) is 0 Å². The molecule has 30 heavy (non-hydrogen) atoms. The molecule has 0 aliphatic heterocycles. The molecule has 8 nitrogen and oxygen atoms in total. The van der Waals surface area contributed by atoms with Crippen molar-refractivity contribution in [3.63, 3.8) is 0 Å². The molecule has 0 spiro atoms. The molecule has 3 aromatic carbocycles. The molecule has 0 saturated heterocycles. The minimum absolute atomic E-state index is 0.0132. The van der Waals surface area contributed by atoms with Gasteiger partial charge in [-0.05, 0) is 53.6 Å². The van der Waals surface area contributed by atoms with E-state index >= 15 is 0 Å². The second-order valence-electron chi connectivity index (χ2n) is 6.36. The molecule has 0 saturated carbocycles. The van der Waals surface area contributed by atoms with Crippen LogP contribution in [0.2, 0.25) is 0 Å². The second kappa shape index (κ2) is 8.27. The van der Waals surface area contributed by atoms with Gasteiger partial charge in [0.2, 0.25) is 0 Å². The summed E-state index contributed by atoms with van der Waals surface area (Å²) in [5, 5.41) is 28.9. The van der Waals surface area contributed by atoms with Crippen LogP contribution in [0.15, 0.2) is 66.7 Å². The average molecular weight is 403 g/mol. The molecule has 0 unspecified atom stereocenters. The van der Waals surface area contributed by atoms with E-state index < -0.39 is 17.8 Å². The van der Waals surface area contributed by atoms with E-state index in [1.54, 1.807) is 42.5 Å². The van der Waals surface area contributed by atoms with Crippen molar-refractivity contribution in [3.8, 4) is 11.1 Å². The zero-order valence-electron chi connectivity index (χ0n) is 15.5. The number of amides is 1. The third-order valence-corrected chi connectivity index (χ3v) is 4.41. The Morgan fingerprint density at radius 2 is 1.37 bits per heavy atom. The molecule has 0 bridgehead atoms. The van der Waals surface area contributed by atoms with E-state index in [0.717, 1.165) is 0 Å². The first-order valence-electron chi connectivity index (χ1n) is 8.74. The fourth-order valence-corrected chi connectivity index (χ4v) is 2.94. The standard InChI is InChI=1S/C22H17N3O5/c23-19(24)12-5-8-14(9-6-12)25-20(26)18-11-13(21(27)28)7-10-16(18)15-3-1-2-4-17(15)22(29)30/h1-11H,(H3,23,24)(H,25,26)(H,27,28)(H,29,30). The SMILES string of the molecule is N=C(N)c1ccc(NC(=O)c2cc(C(=O)O)ccc2-c2ccccc2C(=O)O)cc1. The molecule has 0 fully saturated rings. The number of rotatable bonds is 6. The van der Waals surface area contributed by atoms with E-state index in [1.165, 1.54) is 24.3 Å². The lowest BCUT2D eigenvalue weighted by atomic mass is 9.93. The number of carbonyl (C=O) groups is 3. The van der Waals surface area contributed by atoms with Crippen molar-refractivity contribution in [2.75, 3.05) is 5.32 Å². The highest BCUT2D eigenvalue weighted by molar-refractivity contribution is 6.11. The Morgan fingerprint density at radius 1 is 0.767 bits per heavy atom. The Bertz CT molecular complexity index is 1170. The van der Waals surface area contributed by atoms with E-state index in [0.29, 0.717) is 16.8 Å². The summed E-state index contributed by atoms with van der Waals surface area (Å²) in [4.78, 5) is 36.0. The first-order chi connectivity index (χ1) is 14.3. The Morgan fingerprint density at radius 3 is 1.97 bits per heavy atom. The molecular formula is C22H17N3O5. The van der Waals surface area contributed by atoms with E-state index in [9.17, 15) is 24.6 Å². The molecule has 1 amide bonds. The lowest BCUT2D eigenvalue weighted by Gasteiger charge is -2.13. The van der Waals surface area contributed by atoms with Crippen LogP contribution in [0.1, 0.15) is 36.6 Å². The fraction of sp³-hybridized carbons (Fsp3) is 0. The summed E-state index contributed by atoms with van der Waals surface area (Å²) in [6.07, 6.45) is 0. The van der Waals surface area contributed by atoms with E-state index in [2.05, 4.69) is 5.32 Å².